The molecule has 0 fully saturated rings. The fraction of sp³-hybridized carbons (Fsp3) is 0.530. The van der Waals surface area contributed by atoms with Gasteiger partial charge in [-0.2, -0.15) is 0 Å². The predicted molar refractivity (Wildman–Crippen MR) is 351 cm³/mol. The van der Waals surface area contributed by atoms with E-state index in [0.717, 1.165) is 16.5 Å². The lowest BCUT2D eigenvalue weighted by Gasteiger charge is -2.29. The highest BCUT2D eigenvalue weighted by Gasteiger charge is 2.36. The number of rotatable bonds is 41. The molecule has 10 atom stereocenters. The molecule has 510 valence electrons. The molecule has 0 radical (unpaired) electrons. The Bertz CT molecular complexity index is 3090. The van der Waals surface area contributed by atoms with Crippen LogP contribution in [-0.4, -0.2) is 167 Å². The van der Waals surface area contributed by atoms with Gasteiger partial charge in [0.1, 0.15) is 54.4 Å². The molecule has 19 N–H and O–H groups in total. The van der Waals surface area contributed by atoms with E-state index in [2.05, 4.69) is 58.2 Å². The van der Waals surface area contributed by atoms with Crippen molar-refractivity contribution >= 4 is 75.9 Å². The zero-order valence-corrected chi connectivity index (χ0v) is 54.4. The van der Waals surface area contributed by atoms with E-state index < -0.39 is 145 Å². The van der Waals surface area contributed by atoms with E-state index in [0.29, 0.717) is 43.4 Å². The van der Waals surface area contributed by atoms with Crippen LogP contribution in [0.15, 0.2) is 91.1 Å². The lowest BCUT2D eigenvalue weighted by Crippen LogP contribution is -2.61. The quantitative estimate of drug-likeness (QED) is 0.0262. The number of benzene rings is 3. The van der Waals surface area contributed by atoms with Crippen molar-refractivity contribution in [2.75, 3.05) is 26.2 Å². The number of carboxylic acid groups (broad SMARTS) is 1. The minimum atomic E-state index is -1.58. The van der Waals surface area contributed by atoms with Crippen LogP contribution < -0.4 is 70.4 Å². The summed E-state index contributed by atoms with van der Waals surface area (Å²) in [4.78, 5) is 155. The number of carboxylic acids is 1. The topological polar surface area (TPSA) is 442 Å². The van der Waals surface area contributed by atoms with Gasteiger partial charge in [0.05, 0.1) is 19.2 Å². The van der Waals surface area contributed by atoms with E-state index in [4.69, 9.17) is 17.2 Å². The van der Waals surface area contributed by atoms with Gasteiger partial charge >= 0.3 is 5.97 Å². The van der Waals surface area contributed by atoms with Gasteiger partial charge in [-0.3, -0.25) is 47.9 Å². The summed E-state index contributed by atoms with van der Waals surface area (Å²) in [5, 5.41) is 46.7. The molecule has 0 aliphatic heterocycles. The molecule has 1 aromatic heterocycles. The number of carbonyl (C=O) groups is 11. The van der Waals surface area contributed by atoms with Gasteiger partial charge < -0.3 is 85.6 Å². The van der Waals surface area contributed by atoms with E-state index in [9.17, 15) is 63.0 Å². The summed E-state index contributed by atoms with van der Waals surface area (Å²) in [6.07, 6.45) is 3.82. The Balaban J connectivity index is 1.55. The highest BCUT2D eigenvalue weighted by atomic mass is 16.4. The van der Waals surface area contributed by atoms with Crippen LogP contribution in [0, 0.1) is 17.8 Å². The second-order valence-corrected chi connectivity index (χ2v) is 24.6. The molecule has 0 aliphatic carbocycles. The van der Waals surface area contributed by atoms with Crippen molar-refractivity contribution in [3.05, 3.63) is 108 Å². The number of nitrogens with two attached hydrogens (primary N) is 3. The molecule has 10 amide bonds. The first-order chi connectivity index (χ1) is 44.2. The van der Waals surface area contributed by atoms with Crippen LogP contribution in [0.1, 0.15) is 117 Å². The Morgan fingerprint density at radius 3 is 1.48 bits per heavy atom. The highest BCUT2D eigenvalue weighted by molar-refractivity contribution is 5.99. The predicted octanol–water partition coefficient (Wildman–Crippen LogP) is 0.105. The highest BCUT2D eigenvalue weighted by Crippen LogP contribution is 2.20. The van der Waals surface area contributed by atoms with Crippen molar-refractivity contribution in [1.82, 2.24) is 58.2 Å². The molecule has 27 heteroatoms. The number of nitrogens with one attached hydrogen (secondary N) is 11. The largest absolute Gasteiger partial charge is 0.480 e. The molecule has 4 rings (SSSR count). The summed E-state index contributed by atoms with van der Waals surface area (Å²) in [5.41, 5.74) is 20.5. The number of aromatic nitrogens is 1. The van der Waals surface area contributed by atoms with Crippen LogP contribution in [0.2, 0.25) is 0 Å². The van der Waals surface area contributed by atoms with Gasteiger partial charge in [0, 0.05) is 29.9 Å². The number of H-pyrrole nitrogens is 1. The summed E-state index contributed by atoms with van der Waals surface area (Å²) in [6, 6.07) is 12.3. The van der Waals surface area contributed by atoms with Gasteiger partial charge in [-0.25, -0.2) is 4.79 Å². The average molecular weight is 1300 g/mol. The van der Waals surface area contributed by atoms with Gasteiger partial charge in [0.2, 0.25) is 59.1 Å². The van der Waals surface area contributed by atoms with E-state index in [1.807, 2.05) is 82.3 Å². The van der Waals surface area contributed by atoms with E-state index in [1.54, 1.807) is 50.4 Å². The third-order valence-electron chi connectivity index (χ3n) is 15.4. The number of aliphatic hydroxyl groups is 1. The number of fused-ring (bicyclic) bond motifs is 1. The summed E-state index contributed by atoms with van der Waals surface area (Å²) < 4.78 is 0. The lowest BCUT2D eigenvalue weighted by molar-refractivity contribution is -0.142. The first-order valence-electron chi connectivity index (χ1n) is 31.9. The maximum Gasteiger partial charge on any atom is 0.326 e. The fourth-order valence-corrected chi connectivity index (χ4v) is 10.2. The molecule has 0 aliphatic rings. The molecule has 3 aromatic carbocycles. The Morgan fingerprint density at radius 2 is 0.925 bits per heavy atom. The normalized spacial score (nSPS) is 14.6. The van der Waals surface area contributed by atoms with Crippen molar-refractivity contribution in [3.8, 4) is 0 Å². The van der Waals surface area contributed by atoms with Gasteiger partial charge in [-0.1, -0.05) is 120 Å². The van der Waals surface area contributed by atoms with Crippen molar-refractivity contribution in [1.29, 1.82) is 0 Å². The zero-order chi connectivity index (χ0) is 68.7. The van der Waals surface area contributed by atoms with Gasteiger partial charge in [-0.15, -0.1) is 0 Å². The minimum absolute atomic E-state index is 0.0324. The van der Waals surface area contributed by atoms with Crippen LogP contribution in [0.4, 0.5) is 0 Å². The third kappa shape index (κ3) is 26.4. The van der Waals surface area contributed by atoms with E-state index >= 15 is 0 Å². The summed E-state index contributed by atoms with van der Waals surface area (Å²) in [6.45, 7) is 11.0. The van der Waals surface area contributed by atoms with Gasteiger partial charge in [0.25, 0.3) is 0 Å². The van der Waals surface area contributed by atoms with Crippen molar-refractivity contribution in [2.45, 2.75) is 180 Å². The molecule has 27 nitrogen and oxygen atoms in total. The molecule has 0 saturated carbocycles. The summed E-state index contributed by atoms with van der Waals surface area (Å²) >= 11 is 0. The number of unbranched alkanes of at least 4 members (excludes halogenated alkanes) is 2. The zero-order valence-electron chi connectivity index (χ0n) is 54.4. The maximum atomic E-state index is 14.8. The Labute approximate surface area is 543 Å². The number of aromatic amines is 1. The number of para-hydroxylation sites is 1. The second-order valence-electron chi connectivity index (χ2n) is 24.6. The SMILES string of the molecule is CC(C)C[C@H](NC(=O)[C@H](Cc1c[nH]c2ccccc12)NC(=O)CNC(=O)[C@H](CC(C)C)NC(=O)[C@@H](N)Cc1ccccc1)C(=O)N[C@@H](Cc1ccccc1)C(=O)N[C@@H](CCCCN)C(=O)N[C@H](C(=O)N[C@@H](C)C(=O)N[C@@H](CO)C(=O)N[C@@H](CCCCN)C(=O)O)C(C)C. The number of aliphatic hydroxyl groups excluding tert-OH is 1. The molecule has 93 heavy (non-hydrogen) atoms. The minimum Gasteiger partial charge on any atom is -0.480 e. The molecular formula is C66H98N14O13. The van der Waals surface area contributed by atoms with Crippen LogP contribution in [0.5, 0.6) is 0 Å². The molecule has 0 saturated heterocycles. The van der Waals surface area contributed by atoms with E-state index in [1.165, 1.54) is 6.92 Å². The molecule has 1 heterocycles. The van der Waals surface area contributed by atoms with Gasteiger partial charge in [0.15, 0.2) is 0 Å². The number of amides is 10. The number of hydrogen-bond donors (Lipinski definition) is 16. The van der Waals surface area contributed by atoms with Crippen LogP contribution in [0.3, 0.4) is 0 Å². The smallest absolute Gasteiger partial charge is 0.326 e. The van der Waals surface area contributed by atoms with Crippen molar-refractivity contribution < 1.29 is 63.0 Å². The third-order valence-corrected chi connectivity index (χ3v) is 15.4. The molecule has 4 aromatic rings. The number of aliphatic carboxylic acids is 1. The Hall–Kier alpha value is -8.79. The number of carbonyl (C=O) groups excluding carboxylic acids is 10. The monoisotopic (exact) mass is 1290 g/mol. The molecule has 0 spiro atoms. The molecular weight excluding hydrogens is 1200 g/mol. The fourth-order valence-electron chi connectivity index (χ4n) is 10.2. The Morgan fingerprint density at radius 1 is 0.462 bits per heavy atom. The first-order valence-corrected chi connectivity index (χ1v) is 31.9. The van der Waals surface area contributed by atoms with Gasteiger partial charge in [-0.05, 0) is 118 Å². The standard InChI is InChI=1S/C66H98N14O13/c1-38(2)30-50(76-58(84)46(69)32-42-20-10-8-11-21-42)59(85)71-36-55(82)73-53(34-44-35-70-47-25-15-14-24-45(44)47)63(89)77-51(31-39(3)4)61(87)78-52(33-43-22-12-9-13-23-43)62(88)74-48(26-16-18-28-67)60(86)80-56(40(5)6)65(91)72-41(7)57(83)79-54(37-81)64(90)75-49(66(92)93)27-17-19-29-68/h8-15,20-25,35,38-41,46,48-54,56,70,81H,16-19,26-34,36-37,67-69H2,1-7H3,(H,71,85)(H,72,91)(H,73,82)(H,74,88)(H,75,90)(H,76,84)(H,77,89)(H,78,87)(H,79,83)(H,80,86)(H,92,93)/t41-,46-,48-,49-,50-,51-,52-,53-,54-,56-/m0/s1. The van der Waals surface area contributed by atoms with Crippen LogP contribution in [0.25, 0.3) is 10.9 Å². The van der Waals surface area contributed by atoms with Crippen LogP contribution >= 0.6 is 0 Å². The van der Waals surface area contributed by atoms with E-state index in [-0.39, 0.29) is 63.3 Å². The summed E-state index contributed by atoms with van der Waals surface area (Å²) in [7, 11) is 0. The van der Waals surface area contributed by atoms with Crippen molar-refractivity contribution in [3.63, 3.8) is 0 Å². The maximum absolute atomic E-state index is 14.8. The molecule has 0 bridgehead atoms. The van der Waals surface area contributed by atoms with Crippen molar-refractivity contribution in [2.24, 2.45) is 35.0 Å². The summed E-state index contributed by atoms with van der Waals surface area (Å²) in [5.74, 6) is -9.99. The second kappa shape index (κ2) is 39.6. The molecule has 0 unspecified atom stereocenters. The Kier molecular flexibility index (Phi) is 32.6. The average Bonchev–Trinajstić information content (AvgIpc) is 3.25. The number of hydrogen-bond acceptors (Lipinski definition) is 15. The lowest BCUT2D eigenvalue weighted by atomic mass is 9.99. The van der Waals surface area contributed by atoms with Crippen LogP contribution in [-0.2, 0) is 72.0 Å². The first kappa shape index (κ1) is 76.7.